The maximum atomic E-state index is 11.7. The predicted octanol–water partition coefficient (Wildman–Crippen LogP) is 0.610. The van der Waals surface area contributed by atoms with Crippen molar-refractivity contribution in [2.24, 2.45) is 5.92 Å². The topological polar surface area (TPSA) is 69.6 Å². The van der Waals surface area contributed by atoms with Crippen LogP contribution in [-0.4, -0.2) is 34.9 Å². The van der Waals surface area contributed by atoms with E-state index in [0.29, 0.717) is 18.4 Å². The number of rotatable bonds is 3. The molecule has 0 spiro atoms. The van der Waals surface area contributed by atoms with Crippen molar-refractivity contribution in [3.63, 3.8) is 0 Å². The number of amides is 1. The average molecular weight is 241 g/mol. The molecule has 1 fully saturated rings. The molecule has 0 saturated heterocycles. The Hall–Kier alpha value is -0.910. The SMILES string of the molecule is O=C(NC1CC(O)C(CO)C1)c1ccsc1. The van der Waals surface area contributed by atoms with Crippen molar-refractivity contribution < 1.29 is 15.0 Å². The number of carbonyl (C=O) groups excluding carboxylic acids is 1. The molecule has 1 aromatic rings. The molecule has 4 nitrogen and oxygen atoms in total. The van der Waals surface area contributed by atoms with Crippen molar-refractivity contribution >= 4 is 17.2 Å². The third kappa shape index (κ3) is 2.42. The number of aliphatic hydroxyl groups excluding tert-OH is 2. The summed E-state index contributed by atoms with van der Waals surface area (Å²) in [5, 5.41) is 25.1. The van der Waals surface area contributed by atoms with Crippen LogP contribution in [0.15, 0.2) is 16.8 Å². The van der Waals surface area contributed by atoms with Crippen LogP contribution in [0.25, 0.3) is 0 Å². The summed E-state index contributed by atoms with van der Waals surface area (Å²) < 4.78 is 0. The zero-order valence-electron chi connectivity index (χ0n) is 8.80. The first-order valence-electron chi connectivity index (χ1n) is 5.32. The van der Waals surface area contributed by atoms with Gasteiger partial charge < -0.3 is 15.5 Å². The zero-order valence-corrected chi connectivity index (χ0v) is 9.61. The summed E-state index contributed by atoms with van der Waals surface area (Å²) in [6.07, 6.45) is 0.673. The van der Waals surface area contributed by atoms with Crippen molar-refractivity contribution in [1.29, 1.82) is 0 Å². The van der Waals surface area contributed by atoms with Crippen LogP contribution in [0.1, 0.15) is 23.2 Å². The molecule has 1 aliphatic rings. The van der Waals surface area contributed by atoms with Gasteiger partial charge in [-0.3, -0.25) is 4.79 Å². The molecule has 5 heteroatoms. The molecule has 3 atom stereocenters. The fourth-order valence-electron chi connectivity index (χ4n) is 2.08. The van der Waals surface area contributed by atoms with Gasteiger partial charge in [0.25, 0.3) is 5.91 Å². The van der Waals surface area contributed by atoms with Crippen LogP contribution in [0.4, 0.5) is 0 Å². The summed E-state index contributed by atoms with van der Waals surface area (Å²) in [7, 11) is 0. The first-order valence-corrected chi connectivity index (χ1v) is 6.27. The van der Waals surface area contributed by atoms with Gasteiger partial charge >= 0.3 is 0 Å². The van der Waals surface area contributed by atoms with E-state index in [1.165, 1.54) is 11.3 Å². The zero-order chi connectivity index (χ0) is 11.5. The minimum atomic E-state index is -0.502. The van der Waals surface area contributed by atoms with Gasteiger partial charge in [0, 0.05) is 29.5 Å². The van der Waals surface area contributed by atoms with Gasteiger partial charge in [-0.25, -0.2) is 0 Å². The van der Waals surface area contributed by atoms with E-state index in [9.17, 15) is 9.90 Å². The lowest BCUT2D eigenvalue weighted by molar-refractivity contribution is 0.0903. The first-order chi connectivity index (χ1) is 7.70. The molecule has 3 N–H and O–H groups in total. The molecule has 16 heavy (non-hydrogen) atoms. The predicted molar refractivity (Wildman–Crippen MR) is 61.4 cm³/mol. The van der Waals surface area contributed by atoms with Gasteiger partial charge in [-0.05, 0) is 24.3 Å². The van der Waals surface area contributed by atoms with Gasteiger partial charge in [-0.2, -0.15) is 11.3 Å². The van der Waals surface area contributed by atoms with E-state index in [-0.39, 0.29) is 24.5 Å². The molecule has 1 saturated carbocycles. The van der Waals surface area contributed by atoms with E-state index in [1.807, 2.05) is 5.38 Å². The highest BCUT2D eigenvalue weighted by atomic mass is 32.1. The van der Waals surface area contributed by atoms with E-state index < -0.39 is 6.10 Å². The Bertz CT molecular complexity index is 352. The highest BCUT2D eigenvalue weighted by molar-refractivity contribution is 7.08. The number of hydrogen-bond donors (Lipinski definition) is 3. The Morgan fingerprint density at radius 2 is 2.38 bits per heavy atom. The lowest BCUT2D eigenvalue weighted by Crippen LogP contribution is -2.33. The fraction of sp³-hybridized carbons (Fsp3) is 0.545. The number of hydrogen-bond acceptors (Lipinski definition) is 4. The summed E-state index contributed by atoms with van der Waals surface area (Å²) in [6, 6.07) is 1.74. The lowest BCUT2D eigenvalue weighted by atomic mass is 10.1. The summed E-state index contributed by atoms with van der Waals surface area (Å²) in [4.78, 5) is 11.7. The summed E-state index contributed by atoms with van der Waals surface area (Å²) in [5.41, 5.74) is 0.659. The maximum absolute atomic E-state index is 11.7. The third-order valence-corrected chi connectivity index (χ3v) is 3.69. The molecule has 1 aliphatic carbocycles. The molecule has 3 unspecified atom stereocenters. The van der Waals surface area contributed by atoms with E-state index in [1.54, 1.807) is 11.4 Å². The highest BCUT2D eigenvalue weighted by Gasteiger charge is 2.33. The largest absolute Gasteiger partial charge is 0.396 e. The minimum absolute atomic E-state index is 0.0218. The standard InChI is InChI=1S/C11H15NO3S/c13-5-8-3-9(4-10(8)14)12-11(15)7-1-2-16-6-7/h1-2,6,8-10,13-14H,3-5H2,(H,12,15). The maximum Gasteiger partial charge on any atom is 0.252 e. The molecular weight excluding hydrogens is 226 g/mol. The van der Waals surface area contributed by atoms with Crippen molar-refractivity contribution in [2.45, 2.75) is 25.0 Å². The van der Waals surface area contributed by atoms with Crippen LogP contribution in [0, 0.1) is 5.92 Å². The Labute approximate surface area is 97.9 Å². The normalized spacial score (nSPS) is 29.2. The van der Waals surface area contributed by atoms with E-state index in [2.05, 4.69) is 5.32 Å². The molecule has 0 aromatic carbocycles. The molecule has 1 aromatic heterocycles. The van der Waals surface area contributed by atoms with Crippen LogP contribution in [0.3, 0.4) is 0 Å². The molecule has 88 valence electrons. The first kappa shape index (κ1) is 11.6. The van der Waals surface area contributed by atoms with Crippen LogP contribution in [0.2, 0.25) is 0 Å². The van der Waals surface area contributed by atoms with Crippen molar-refractivity contribution in [3.8, 4) is 0 Å². The number of thiophene rings is 1. The number of carbonyl (C=O) groups is 1. The Morgan fingerprint density at radius 3 is 2.94 bits per heavy atom. The Balaban J connectivity index is 1.90. The molecule has 0 aliphatic heterocycles. The second kappa shape index (κ2) is 4.95. The Kier molecular flexibility index (Phi) is 3.58. The summed E-state index contributed by atoms with van der Waals surface area (Å²) >= 11 is 1.48. The van der Waals surface area contributed by atoms with Gasteiger partial charge in [0.15, 0.2) is 0 Å². The van der Waals surface area contributed by atoms with Crippen molar-refractivity contribution in [1.82, 2.24) is 5.32 Å². The molecular formula is C11H15NO3S. The van der Waals surface area contributed by atoms with Crippen molar-refractivity contribution in [3.05, 3.63) is 22.4 Å². The monoisotopic (exact) mass is 241 g/mol. The quantitative estimate of drug-likeness (QED) is 0.726. The van der Waals surface area contributed by atoms with Gasteiger partial charge in [-0.1, -0.05) is 0 Å². The summed E-state index contributed by atoms with van der Waals surface area (Å²) in [5.74, 6) is -0.204. The Morgan fingerprint density at radius 1 is 1.56 bits per heavy atom. The number of nitrogens with one attached hydrogen (secondary N) is 1. The van der Waals surface area contributed by atoms with Crippen LogP contribution in [0.5, 0.6) is 0 Å². The van der Waals surface area contributed by atoms with Gasteiger partial charge in [-0.15, -0.1) is 0 Å². The second-order valence-electron chi connectivity index (χ2n) is 4.16. The van der Waals surface area contributed by atoms with E-state index in [0.717, 1.165) is 0 Å². The molecule has 2 rings (SSSR count). The minimum Gasteiger partial charge on any atom is -0.396 e. The third-order valence-electron chi connectivity index (χ3n) is 3.01. The molecule has 0 radical (unpaired) electrons. The highest BCUT2D eigenvalue weighted by Crippen LogP contribution is 2.25. The molecule has 1 heterocycles. The van der Waals surface area contributed by atoms with Crippen LogP contribution < -0.4 is 5.32 Å². The molecule has 0 bridgehead atoms. The van der Waals surface area contributed by atoms with E-state index >= 15 is 0 Å². The fourth-order valence-corrected chi connectivity index (χ4v) is 2.72. The number of aliphatic hydroxyl groups is 2. The van der Waals surface area contributed by atoms with Crippen LogP contribution >= 0.6 is 11.3 Å². The van der Waals surface area contributed by atoms with E-state index in [4.69, 9.17) is 5.11 Å². The molecule has 1 amide bonds. The van der Waals surface area contributed by atoms with Crippen molar-refractivity contribution in [2.75, 3.05) is 6.61 Å². The second-order valence-corrected chi connectivity index (χ2v) is 4.94. The lowest BCUT2D eigenvalue weighted by Gasteiger charge is -2.11. The van der Waals surface area contributed by atoms with Gasteiger partial charge in [0.2, 0.25) is 0 Å². The average Bonchev–Trinajstić information content (AvgIpc) is 2.87. The van der Waals surface area contributed by atoms with Gasteiger partial charge in [0.05, 0.1) is 6.10 Å². The summed E-state index contributed by atoms with van der Waals surface area (Å²) in [6.45, 7) is -0.0218. The van der Waals surface area contributed by atoms with Crippen LogP contribution in [-0.2, 0) is 0 Å². The van der Waals surface area contributed by atoms with Gasteiger partial charge in [0.1, 0.15) is 0 Å². The smallest absolute Gasteiger partial charge is 0.252 e.